The van der Waals surface area contributed by atoms with Gasteiger partial charge in [-0.3, -0.25) is 4.90 Å². The lowest BCUT2D eigenvalue weighted by Gasteiger charge is -2.21. The van der Waals surface area contributed by atoms with E-state index in [1.54, 1.807) is 41.3 Å². The molecule has 0 aromatic carbocycles. The van der Waals surface area contributed by atoms with Gasteiger partial charge in [0, 0.05) is 18.4 Å². The summed E-state index contributed by atoms with van der Waals surface area (Å²) in [7, 11) is 0. The molecule has 0 radical (unpaired) electrons. The number of esters is 1. The number of ether oxygens (including phenoxy) is 1. The van der Waals surface area contributed by atoms with Gasteiger partial charge in [-0.15, -0.1) is 6.42 Å². The number of carbonyl (C=O) groups excluding carboxylic acids is 1. The molecule has 118 valence electrons. The first-order chi connectivity index (χ1) is 11.3. The highest BCUT2D eigenvalue weighted by Gasteiger charge is 2.25. The summed E-state index contributed by atoms with van der Waals surface area (Å²) in [6.07, 6.45) is 10.9. The van der Waals surface area contributed by atoms with E-state index in [0.717, 1.165) is 19.4 Å². The molecule has 3 rings (SSSR count). The third-order valence-corrected chi connectivity index (χ3v) is 3.88. The van der Waals surface area contributed by atoms with Crippen LogP contribution in [0, 0.1) is 12.3 Å². The van der Waals surface area contributed by atoms with E-state index in [-0.39, 0.29) is 11.7 Å². The van der Waals surface area contributed by atoms with Crippen LogP contribution in [0.4, 0.5) is 0 Å². The van der Waals surface area contributed by atoms with Crippen LogP contribution in [0.3, 0.4) is 0 Å². The molecule has 1 saturated heterocycles. The molecule has 0 amide bonds. The van der Waals surface area contributed by atoms with Crippen LogP contribution < -0.4 is 0 Å². The topological polar surface area (TPSA) is 60.2 Å². The van der Waals surface area contributed by atoms with Gasteiger partial charge in [0.15, 0.2) is 11.5 Å². The average molecular weight is 310 g/mol. The van der Waals surface area contributed by atoms with Crippen molar-refractivity contribution < 1.29 is 9.53 Å². The monoisotopic (exact) mass is 310 g/mol. The summed E-state index contributed by atoms with van der Waals surface area (Å²) in [5.41, 5.74) is 0.277. The highest BCUT2D eigenvalue weighted by atomic mass is 16.5. The first-order valence-corrected chi connectivity index (χ1v) is 7.59. The van der Waals surface area contributed by atoms with Crippen molar-refractivity contribution in [2.75, 3.05) is 19.7 Å². The molecule has 6 heteroatoms. The fourth-order valence-corrected chi connectivity index (χ4v) is 2.72. The summed E-state index contributed by atoms with van der Waals surface area (Å²) >= 11 is 0. The smallest absolute Gasteiger partial charge is 0.357 e. The van der Waals surface area contributed by atoms with E-state index in [4.69, 9.17) is 11.2 Å². The zero-order chi connectivity index (χ0) is 16.1. The summed E-state index contributed by atoms with van der Waals surface area (Å²) in [4.78, 5) is 18.7. The van der Waals surface area contributed by atoms with Gasteiger partial charge in [0.1, 0.15) is 6.61 Å². The minimum Gasteiger partial charge on any atom is -0.459 e. The standard InChI is InChI=1S/C17H18N4O2/c1-2-10-20-11-4-6-14(20)13-23-17(22)15-7-3-8-16(19-15)21-12-5-9-18-21/h1,3,5,7-9,12,14H,4,6,10-11,13H2/t14-/m0/s1. The molecule has 1 aliphatic rings. The highest BCUT2D eigenvalue weighted by molar-refractivity contribution is 5.87. The van der Waals surface area contributed by atoms with E-state index in [0.29, 0.717) is 19.0 Å². The number of hydrogen-bond donors (Lipinski definition) is 0. The van der Waals surface area contributed by atoms with Crippen molar-refractivity contribution in [3.8, 4) is 18.2 Å². The molecule has 0 spiro atoms. The van der Waals surface area contributed by atoms with Gasteiger partial charge < -0.3 is 4.74 Å². The number of pyridine rings is 1. The minimum absolute atomic E-state index is 0.198. The van der Waals surface area contributed by atoms with E-state index in [9.17, 15) is 4.79 Å². The lowest BCUT2D eigenvalue weighted by atomic mass is 10.2. The third kappa shape index (κ3) is 3.58. The average Bonchev–Trinajstić information content (AvgIpc) is 3.25. The van der Waals surface area contributed by atoms with Gasteiger partial charge in [-0.05, 0) is 37.6 Å². The molecule has 6 nitrogen and oxygen atoms in total. The number of carbonyl (C=O) groups is 1. The summed E-state index contributed by atoms with van der Waals surface area (Å²) in [6.45, 7) is 1.89. The molecule has 1 aliphatic heterocycles. The van der Waals surface area contributed by atoms with Gasteiger partial charge in [0.05, 0.1) is 6.54 Å². The number of terminal acetylenes is 1. The van der Waals surface area contributed by atoms with E-state index >= 15 is 0 Å². The second-order valence-electron chi connectivity index (χ2n) is 5.40. The maximum Gasteiger partial charge on any atom is 0.357 e. The molecule has 1 fully saturated rings. The van der Waals surface area contributed by atoms with Crippen LogP contribution in [0.15, 0.2) is 36.7 Å². The predicted octanol–water partition coefficient (Wildman–Crippen LogP) is 1.52. The van der Waals surface area contributed by atoms with Gasteiger partial charge in [-0.25, -0.2) is 14.5 Å². The molecular formula is C17H18N4O2. The minimum atomic E-state index is -0.424. The van der Waals surface area contributed by atoms with Crippen LogP contribution >= 0.6 is 0 Å². The molecular weight excluding hydrogens is 292 g/mol. The number of likely N-dealkylation sites (tertiary alicyclic amines) is 1. The Hall–Kier alpha value is -2.65. The Morgan fingerprint density at radius 3 is 3.13 bits per heavy atom. The fraction of sp³-hybridized carbons (Fsp3) is 0.353. The molecule has 0 aliphatic carbocycles. The second-order valence-corrected chi connectivity index (χ2v) is 5.40. The Morgan fingerprint density at radius 1 is 1.43 bits per heavy atom. The summed E-state index contributed by atoms with van der Waals surface area (Å²) in [6, 6.07) is 7.19. The lowest BCUT2D eigenvalue weighted by molar-refractivity contribution is 0.0401. The van der Waals surface area contributed by atoms with Crippen molar-refractivity contribution >= 4 is 5.97 Å². The van der Waals surface area contributed by atoms with Crippen LogP contribution in [0.25, 0.3) is 5.82 Å². The van der Waals surface area contributed by atoms with Crippen molar-refractivity contribution in [1.29, 1.82) is 0 Å². The van der Waals surface area contributed by atoms with E-state index < -0.39 is 5.97 Å². The number of aromatic nitrogens is 3. The Morgan fingerprint density at radius 2 is 2.35 bits per heavy atom. The predicted molar refractivity (Wildman–Crippen MR) is 85.1 cm³/mol. The van der Waals surface area contributed by atoms with Crippen molar-refractivity contribution in [2.45, 2.75) is 18.9 Å². The summed E-state index contributed by atoms with van der Waals surface area (Å²) in [5.74, 6) is 2.80. The Bertz CT molecular complexity index is 706. The zero-order valence-electron chi connectivity index (χ0n) is 12.8. The zero-order valence-corrected chi connectivity index (χ0v) is 12.8. The maximum atomic E-state index is 12.2. The number of hydrogen-bond acceptors (Lipinski definition) is 5. The molecule has 0 bridgehead atoms. The van der Waals surface area contributed by atoms with Crippen LogP contribution in [0.5, 0.6) is 0 Å². The van der Waals surface area contributed by atoms with E-state index in [1.807, 2.05) is 0 Å². The molecule has 1 atom stereocenters. The van der Waals surface area contributed by atoms with Crippen molar-refractivity contribution in [3.63, 3.8) is 0 Å². The van der Waals surface area contributed by atoms with E-state index in [1.165, 1.54) is 0 Å². The second kappa shape index (κ2) is 7.07. The Labute approximate surface area is 135 Å². The van der Waals surface area contributed by atoms with Gasteiger partial charge >= 0.3 is 5.97 Å². The van der Waals surface area contributed by atoms with Gasteiger partial charge in [0.25, 0.3) is 0 Å². The van der Waals surface area contributed by atoms with Gasteiger partial charge in [-0.1, -0.05) is 12.0 Å². The molecule has 23 heavy (non-hydrogen) atoms. The fourth-order valence-electron chi connectivity index (χ4n) is 2.72. The van der Waals surface area contributed by atoms with Crippen LogP contribution in [-0.2, 0) is 4.74 Å². The number of rotatable bonds is 5. The van der Waals surface area contributed by atoms with Crippen LogP contribution in [-0.4, -0.2) is 51.4 Å². The molecule has 0 N–H and O–H groups in total. The lowest BCUT2D eigenvalue weighted by Crippen LogP contribution is -2.34. The number of nitrogens with zero attached hydrogens (tertiary/aromatic N) is 4. The Balaban J connectivity index is 1.63. The highest BCUT2D eigenvalue weighted by Crippen LogP contribution is 2.17. The molecule has 3 heterocycles. The molecule has 0 saturated carbocycles. The van der Waals surface area contributed by atoms with E-state index in [2.05, 4.69) is 20.9 Å². The van der Waals surface area contributed by atoms with Crippen LogP contribution in [0.1, 0.15) is 23.3 Å². The molecule has 2 aromatic heterocycles. The van der Waals surface area contributed by atoms with Crippen molar-refractivity contribution in [1.82, 2.24) is 19.7 Å². The first-order valence-electron chi connectivity index (χ1n) is 7.59. The third-order valence-electron chi connectivity index (χ3n) is 3.88. The van der Waals surface area contributed by atoms with Crippen LogP contribution in [0.2, 0.25) is 0 Å². The molecule has 0 unspecified atom stereocenters. The largest absolute Gasteiger partial charge is 0.459 e. The van der Waals surface area contributed by atoms with Crippen molar-refractivity contribution in [2.24, 2.45) is 0 Å². The molecule has 2 aromatic rings. The quantitative estimate of drug-likeness (QED) is 0.619. The summed E-state index contributed by atoms with van der Waals surface area (Å²) < 4.78 is 7.02. The van der Waals surface area contributed by atoms with Gasteiger partial charge in [-0.2, -0.15) is 5.10 Å². The normalized spacial score (nSPS) is 17.8. The summed E-state index contributed by atoms with van der Waals surface area (Å²) in [5, 5.41) is 4.10. The first kappa shape index (κ1) is 15.3. The Kier molecular flexibility index (Phi) is 4.69. The maximum absolute atomic E-state index is 12.2. The van der Waals surface area contributed by atoms with Gasteiger partial charge in [0.2, 0.25) is 0 Å². The SMILES string of the molecule is C#CCN1CCC[C@H]1COC(=O)c1cccc(-n2cccn2)n1. The van der Waals surface area contributed by atoms with Crippen molar-refractivity contribution in [3.05, 3.63) is 42.4 Å².